The monoisotopic (exact) mass is 1070 g/mol. The van der Waals surface area contributed by atoms with Crippen LogP contribution in [0.5, 0.6) is 0 Å². The van der Waals surface area contributed by atoms with Crippen molar-refractivity contribution < 1.29 is 61.7 Å². The zero-order valence-corrected chi connectivity index (χ0v) is 34.5. The summed E-state index contributed by atoms with van der Waals surface area (Å²) < 4.78 is 5.48. The Morgan fingerprint density at radius 2 is 1.19 bits per heavy atom. The molecule has 0 radical (unpaired) electrons. The van der Waals surface area contributed by atoms with Gasteiger partial charge in [-0.15, -0.1) is 5.54 Å². The van der Waals surface area contributed by atoms with Crippen LogP contribution in [-0.2, 0) is 0 Å². The molecule has 26 heavy (non-hydrogen) atoms. The van der Waals surface area contributed by atoms with E-state index in [1.54, 1.807) is 0 Å². The van der Waals surface area contributed by atoms with E-state index in [1.807, 2.05) is 0 Å². The number of hydrogen-bond donors (Lipinski definition) is 0. The summed E-state index contributed by atoms with van der Waals surface area (Å²) in [5.41, 5.74) is 0.171. The normalized spacial score (nSPS) is 12.7. The molecule has 12 heteroatoms. The van der Waals surface area contributed by atoms with Crippen molar-refractivity contribution in [1.82, 2.24) is 0 Å². The summed E-state index contributed by atoms with van der Waals surface area (Å²) in [6, 6.07) is 0. The van der Waals surface area contributed by atoms with Gasteiger partial charge in [0.15, 0.2) is 0 Å². The Bertz CT molecular complexity index is 413. The van der Waals surface area contributed by atoms with Gasteiger partial charge in [0.2, 0.25) is 0 Å². The van der Waals surface area contributed by atoms with E-state index in [9.17, 15) is 0 Å². The second-order valence-corrected chi connectivity index (χ2v) is 47.3. The van der Waals surface area contributed by atoms with E-state index in [-0.39, 0.29) is 67.2 Å². The zero-order valence-electron chi connectivity index (χ0n) is 19.2. The van der Waals surface area contributed by atoms with Crippen LogP contribution in [0.4, 0.5) is 0 Å². The average Bonchev–Trinajstić information content (AvgIpc) is 2.08. The number of rotatable bonds is 2. The quantitative estimate of drug-likeness (QED) is 0.189. The van der Waals surface area contributed by atoms with Crippen LogP contribution in [0, 0.1) is 0 Å². The van der Waals surface area contributed by atoms with Gasteiger partial charge in [-0.05, 0) is 0 Å². The predicted octanol–water partition coefficient (Wildman–Crippen LogP) is -1.21. The second kappa shape index (κ2) is 21.4. The van der Waals surface area contributed by atoms with E-state index >= 15 is 0 Å². The fourth-order valence-corrected chi connectivity index (χ4v) is 22.1. The van der Waals surface area contributed by atoms with Crippen molar-refractivity contribution in [1.29, 1.82) is 0 Å². The zero-order chi connectivity index (χ0) is 19.7. The maximum absolute atomic E-state index is 4.98. The third kappa shape index (κ3) is 47.6. The summed E-state index contributed by atoms with van der Waals surface area (Å²) in [6.07, 6.45) is 0. The van der Waals surface area contributed by atoms with Crippen LogP contribution in [0.15, 0.2) is 2.81 Å². The van der Waals surface area contributed by atoms with Crippen molar-refractivity contribution >= 4 is 98.3 Å². The second-order valence-electron chi connectivity index (χ2n) is 9.06. The van der Waals surface area contributed by atoms with Crippen LogP contribution >= 0.6 is 46.4 Å². The topological polar surface area (TPSA) is 26.5 Å². The van der Waals surface area contributed by atoms with Gasteiger partial charge in [0.1, 0.15) is 0 Å². The molecular formula is C14H36I4Li2N2Si2Te2. The molecule has 0 aromatic rings. The van der Waals surface area contributed by atoms with Gasteiger partial charge >= 0.3 is 174 Å². The molecule has 152 valence electrons. The summed E-state index contributed by atoms with van der Waals surface area (Å²) in [4.78, 5) is 4.68. The molecule has 0 aliphatic carbocycles. The Kier molecular flexibility index (Phi) is 37.4. The van der Waals surface area contributed by atoms with E-state index < -0.39 is 31.6 Å². The third-order valence-corrected chi connectivity index (χ3v) is 24.7. The molecule has 0 rings (SSSR count). The molecule has 0 heterocycles. The van der Waals surface area contributed by atoms with Crippen LogP contribution in [0.25, 0.3) is 4.98 Å². The first-order chi connectivity index (χ1) is 9.75. The molecule has 0 unspecified atom stereocenters. The van der Waals surface area contributed by atoms with Crippen LogP contribution < -0.4 is 61.7 Å². The van der Waals surface area contributed by atoms with Crippen molar-refractivity contribution in [2.45, 2.75) is 89.8 Å². The number of hydrogen-bond acceptors (Lipinski definition) is 1. The number of alkyl halides is 1. The first-order valence-corrected chi connectivity index (χ1v) is 36.3. The van der Waals surface area contributed by atoms with Crippen LogP contribution in [0.2, 0.25) is 39.3 Å². The molecule has 0 saturated heterocycles. The molecule has 0 aliphatic rings. The molecule has 0 amide bonds. The van der Waals surface area contributed by atoms with Gasteiger partial charge in [-0.3, -0.25) is 0 Å². The molecule has 0 aliphatic heterocycles. The molecule has 0 fully saturated rings. The van der Waals surface area contributed by atoms with Gasteiger partial charge < -0.3 is 29.0 Å². The first-order valence-electron chi connectivity index (χ1n) is 7.48. The van der Waals surface area contributed by atoms with Crippen molar-refractivity contribution in [2.75, 3.05) is 0 Å². The van der Waals surface area contributed by atoms with Crippen LogP contribution in [0.3, 0.4) is 0 Å². The molecule has 0 aromatic carbocycles. The number of nitrogens with zero attached hydrogens (tertiary/aromatic N) is 2. The average molecular weight is 1070 g/mol. The summed E-state index contributed by atoms with van der Waals surface area (Å²) in [5, 5.41) is 0. The van der Waals surface area contributed by atoms with E-state index in [1.165, 1.54) is 0 Å². The first kappa shape index (κ1) is 45.4. The Morgan fingerprint density at radius 1 is 0.923 bits per heavy atom. The Morgan fingerprint density at radius 3 is 1.23 bits per heavy atom. The standard InChI is InChI=1S/C7H18INSiTe.C7H18NSi.I2Te.HI.2Li/c1-7(2,3)8(11)9-10(4,5)6;1-7(2,3)8-9(4,5)6;1-2-3;;;/h1-6H3;1-6H3;;1H;;/q;-1;;;2*+1/p-1. The van der Waals surface area contributed by atoms with E-state index in [0.29, 0.717) is 16.1 Å². The maximum atomic E-state index is 4.98. The minimum atomic E-state index is -1.17. The summed E-state index contributed by atoms with van der Waals surface area (Å²) in [6.45, 7) is 27.2. The van der Waals surface area contributed by atoms with Crippen LogP contribution in [0.1, 0.15) is 41.5 Å². The van der Waals surface area contributed by atoms with Crippen LogP contribution in [-0.4, -0.2) is 60.9 Å². The Labute approximate surface area is 252 Å². The van der Waals surface area contributed by atoms with Gasteiger partial charge in [0.25, 0.3) is 0 Å². The molecule has 0 N–H and O–H groups in total. The molecule has 2 nitrogen and oxygen atoms in total. The Balaban J connectivity index is -0.0000000612. The summed E-state index contributed by atoms with van der Waals surface area (Å²) in [7, 11) is -2.30. The van der Waals surface area contributed by atoms with Gasteiger partial charge in [0, 0.05) is 0 Å². The molecule has 0 aromatic heterocycles. The molecule has 0 spiro atoms. The van der Waals surface area contributed by atoms with Gasteiger partial charge in [-0.1, -0.05) is 48.6 Å². The fraction of sp³-hybridized carbons (Fsp3) is 1.00. The fourth-order valence-electron chi connectivity index (χ4n) is 1.36. The summed E-state index contributed by atoms with van der Waals surface area (Å²) >= 11 is 6.46. The van der Waals surface area contributed by atoms with Gasteiger partial charge in [-0.25, -0.2) is 0 Å². The predicted molar refractivity (Wildman–Crippen MR) is 146 cm³/mol. The Hall–Kier alpha value is 5.89. The SMILES string of the molecule is CC(C)(C)I(=[Te])=N[Si](C)(C)C.CC(C)(C)[N-][Si](C)(C)C.[I-].[Li+].[Li+].[Te]=II. The third-order valence-electron chi connectivity index (χ3n) is 1.49. The molecule has 0 saturated carbocycles. The van der Waals surface area contributed by atoms with Crippen molar-refractivity contribution in [3.05, 3.63) is 4.98 Å². The van der Waals surface area contributed by atoms with Gasteiger partial charge in [-0.2, -0.15) is 0 Å². The molecular weight excluding hydrogens is 1030 g/mol. The van der Waals surface area contributed by atoms with E-state index in [4.69, 9.17) is 2.81 Å². The molecule has 0 bridgehead atoms. The summed E-state index contributed by atoms with van der Waals surface area (Å²) in [5.74, 6) is 0. The van der Waals surface area contributed by atoms with E-state index in [0.717, 1.165) is 0 Å². The number of halogens is 4. The van der Waals surface area contributed by atoms with Crippen molar-refractivity contribution in [3.8, 4) is 0 Å². The van der Waals surface area contributed by atoms with Gasteiger partial charge in [0.05, 0.1) is 0 Å². The molecule has 0 atom stereocenters. The van der Waals surface area contributed by atoms with E-state index in [2.05, 4.69) is 140 Å². The minimum absolute atomic E-state index is 0. The van der Waals surface area contributed by atoms with Crippen molar-refractivity contribution in [2.24, 2.45) is 2.81 Å². The van der Waals surface area contributed by atoms with Crippen molar-refractivity contribution in [3.63, 3.8) is 0 Å².